The van der Waals surface area contributed by atoms with Gasteiger partial charge in [0.25, 0.3) is 0 Å². The van der Waals surface area contributed by atoms with E-state index in [4.69, 9.17) is 9.47 Å². The lowest BCUT2D eigenvalue weighted by atomic mass is 9.78. The summed E-state index contributed by atoms with van der Waals surface area (Å²) in [5.41, 5.74) is 0.218. The summed E-state index contributed by atoms with van der Waals surface area (Å²) in [5.74, 6) is 0.556. The molecule has 1 aromatic heterocycles. The van der Waals surface area contributed by atoms with Crippen LogP contribution in [0.2, 0.25) is 0 Å². The highest BCUT2D eigenvalue weighted by molar-refractivity contribution is 5.95. The molecule has 6 heteroatoms. The van der Waals surface area contributed by atoms with Gasteiger partial charge >= 0.3 is 0 Å². The number of ether oxygens (including phenoxy) is 2. The van der Waals surface area contributed by atoms with Crippen molar-refractivity contribution in [3.63, 3.8) is 0 Å². The van der Waals surface area contributed by atoms with Crippen molar-refractivity contribution >= 4 is 11.6 Å². The van der Waals surface area contributed by atoms with Gasteiger partial charge in [0.15, 0.2) is 0 Å². The van der Waals surface area contributed by atoms with Crippen LogP contribution in [0, 0.1) is 5.41 Å². The van der Waals surface area contributed by atoms with Gasteiger partial charge in [0.05, 0.1) is 30.5 Å². The third kappa shape index (κ3) is 3.92. The molecular formula is C15H23N3O3. The number of hydrogen-bond acceptors (Lipinski definition) is 5. The van der Waals surface area contributed by atoms with Gasteiger partial charge in [-0.2, -0.15) is 0 Å². The summed E-state index contributed by atoms with van der Waals surface area (Å²) in [4.78, 5) is 16.8. The first kappa shape index (κ1) is 15.7. The van der Waals surface area contributed by atoms with Crippen molar-refractivity contribution < 1.29 is 14.3 Å². The predicted octanol–water partition coefficient (Wildman–Crippen LogP) is 1.43. The third-order valence-electron chi connectivity index (χ3n) is 3.75. The van der Waals surface area contributed by atoms with Crippen molar-refractivity contribution in [2.45, 2.75) is 19.8 Å². The van der Waals surface area contributed by atoms with Crippen LogP contribution in [0.15, 0.2) is 18.3 Å². The van der Waals surface area contributed by atoms with E-state index in [9.17, 15) is 4.79 Å². The summed E-state index contributed by atoms with van der Waals surface area (Å²) in [5, 5.41) is 6.22. The van der Waals surface area contributed by atoms with Crippen LogP contribution in [0.4, 0.5) is 5.69 Å². The minimum absolute atomic E-state index is 0.00295. The fraction of sp³-hybridized carbons (Fsp3) is 0.600. The molecular weight excluding hydrogens is 270 g/mol. The van der Waals surface area contributed by atoms with Gasteiger partial charge in [-0.25, -0.2) is 4.98 Å². The van der Waals surface area contributed by atoms with Gasteiger partial charge in [-0.05, 0) is 38.9 Å². The molecule has 0 aliphatic carbocycles. The lowest BCUT2D eigenvalue weighted by molar-refractivity contribution is -0.130. The lowest BCUT2D eigenvalue weighted by Gasteiger charge is -2.35. The first-order chi connectivity index (χ1) is 10.2. The van der Waals surface area contributed by atoms with E-state index < -0.39 is 5.41 Å². The smallest absolute Gasteiger partial charge is 0.233 e. The molecule has 21 heavy (non-hydrogen) atoms. The third-order valence-corrected chi connectivity index (χ3v) is 3.75. The Balaban J connectivity index is 2.04. The van der Waals surface area contributed by atoms with Crippen molar-refractivity contribution in [3.8, 4) is 5.88 Å². The second-order valence-corrected chi connectivity index (χ2v) is 5.24. The van der Waals surface area contributed by atoms with E-state index in [0.717, 1.165) is 25.9 Å². The molecule has 6 nitrogen and oxygen atoms in total. The van der Waals surface area contributed by atoms with E-state index in [2.05, 4.69) is 15.6 Å². The molecule has 0 atom stereocenters. The Bertz CT molecular complexity index is 450. The standard InChI is InChI=1S/C15H23N3O3/c1-3-21-13-5-4-12(10-17-13)18-14(19)15(11-20-2)6-8-16-9-7-15/h4-5,10,16H,3,6-9,11H2,1-2H3,(H,18,19). The molecule has 0 spiro atoms. The van der Waals surface area contributed by atoms with Crippen LogP contribution in [0.1, 0.15) is 19.8 Å². The van der Waals surface area contributed by atoms with Crippen molar-refractivity contribution in [2.24, 2.45) is 5.41 Å². The highest BCUT2D eigenvalue weighted by Gasteiger charge is 2.39. The predicted molar refractivity (Wildman–Crippen MR) is 80.4 cm³/mol. The maximum absolute atomic E-state index is 12.6. The van der Waals surface area contributed by atoms with Gasteiger partial charge in [0.1, 0.15) is 0 Å². The Kier molecular flexibility index (Phi) is 5.52. The number of anilines is 1. The van der Waals surface area contributed by atoms with Gasteiger partial charge in [-0.1, -0.05) is 0 Å². The van der Waals surface area contributed by atoms with E-state index in [-0.39, 0.29) is 5.91 Å². The lowest BCUT2D eigenvalue weighted by Crippen LogP contribution is -2.47. The molecule has 2 rings (SSSR count). The molecule has 1 saturated heterocycles. The van der Waals surface area contributed by atoms with Crippen molar-refractivity contribution in [1.82, 2.24) is 10.3 Å². The molecule has 1 aliphatic rings. The molecule has 0 unspecified atom stereocenters. The van der Waals surface area contributed by atoms with Crippen LogP contribution in [0.5, 0.6) is 5.88 Å². The molecule has 1 aliphatic heterocycles. The van der Waals surface area contributed by atoms with Crippen molar-refractivity contribution in [2.75, 3.05) is 38.7 Å². The Morgan fingerprint density at radius 2 is 2.19 bits per heavy atom. The van der Waals surface area contributed by atoms with E-state index in [0.29, 0.717) is 24.8 Å². The number of hydrogen-bond donors (Lipinski definition) is 2. The molecule has 1 amide bonds. The van der Waals surface area contributed by atoms with Gasteiger partial charge in [0, 0.05) is 13.2 Å². The van der Waals surface area contributed by atoms with E-state index in [1.807, 2.05) is 6.92 Å². The fourth-order valence-electron chi connectivity index (χ4n) is 2.57. The maximum Gasteiger partial charge on any atom is 0.233 e. The van der Waals surface area contributed by atoms with Crippen LogP contribution in [-0.2, 0) is 9.53 Å². The normalized spacial score (nSPS) is 17.2. The number of nitrogens with one attached hydrogen (secondary N) is 2. The number of pyridine rings is 1. The van der Waals surface area contributed by atoms with E-state index in [1.165, 1.54) is 0 Å². The first-order valence-corrected chi connectivity index (χ1v) is 7.30. The number of carbonyl (C=O) groups excluding carboxylic acids is 1. The van der Waals surface area contributed by atoms with Crippen LogP contribution in [0.25, 0.3) is 0 Å². The minimum Gasteiger partial charge on any atom is -0.478 e. The summed E-state index contributed by atoms with van der Waals surface area (Å²) in [6, 6.07) is 3.56. The largest absolute Gasteiger partial charge is 0.478 e. The van der Waals surface area contributed by atoms with Crippen LogP contribution in [0.3, 0.4) is 0 Å². The summed E-state index contributed by atoms with van der Waals surface area (Å²) in [6.45, 7) is 4.58. The van der Waals surface area contributed by atoms with Crippen molar-refractivity contribution in [3.05, 3.63) is 18.3 Å². The highest BCUT2D eigenvalue weighted by Crippen LogP contribution is 2.30. The van der Waals surface area contributed by atoms with Crippen LogP contribution >= 0.6 is 0 Å². The summed E-state index contributed by atoms with van der Waals surface area (Å²) < 4.78 is 10.6. The Morgan fingerprint density at radius 3 is 2.76 bits per heavy atom. The monoisotopic (exact) mass is 293 g/mol. The van der Waals surface area contributed by atoms with Gasteiger partial charge in [-0.3, -0.25) is 4.79 Å². The molecule has 0 aromatic carbocycles. The average Bonchev–Trinajstić information content (AvgIpc) is 2.51. The van der Waals surface area contributed by atoms with Crippen molar-refractivity contribution in [1.29, 1.82) is 0 Å². The molecule has 0 saturated carbocycles. The topological polar surface area (TPSA) is 72.5 Å². The number of rotatable bonds is 6. The average molecular weight is 293 g/mol. The molecule has 0 bridgehead atoms. The second kappa shape index (κ2) is 7.38. The highest BCUT2D eigenvalue weighted by atomic mass is 16.5. The number of aromatic nitrogens is 1. The number of carbonyl (C=O) groups is 1. The van der Waals surface area contributed by atoms with Gasteiger partial charge in [0.2, 0.25) is 11.8 Å². The SMILES string of the molecule is CCOc1ccc(NC(=O)C2(COC)CCNCC2)cn1. The quantitative estimate of drug-likeness (QED) is 0.830. The molecule has 2 N–H and O–H groups in total. The zero-order chi connectivity index (χ0) is 15.1. The Morgan fingerprint density at radius 1 is 1.43 bits per heavy atom. The van der Waals surface area contributed by atoms with E-state index >= 15 is 0 Å². The summed E-state index contributed by atoms with van der Waals surface area (Å²) in [7, 11) is 1.63. The summed E-state index contributed by atoms with van der Waals surface area (Å²) in [6.07, 6.45) is 3.17. The van der Waals surface area contributed by atoms with E-state index in [1.54, 1.807) is 25.4 Å². The number of methoxy groups -OCH3 is 1. The number of piperidine rings is 1. The Hall–Kier alpha value is -1.66. The minimum atomic E-state index is -0.460. The first-order valence-electron chi connectivity index (χ1n) is 7.30. The summed E-state index contributed by atoms with van der Waals surface area (Å²) >= 11 is 0. The van der Waals surface area contributed by atoms with Crippen LogP contribution in [-0.4, -0.2) is 44.3 Å². The zero-order valence-electron chi connectivity index (χ0n) is 12.6. The number of amides is 1. The molecule has 116 valence electrons. The van der Waals surface area contributed by atoms with Gasteiger partial charge in [-0.15, -0.1) is 0 Å². The fourth-order valence-corrected chi connectivity index (χ4v) is 2.57. The molecule has 1 fully saturated rings. The molecule has 2 heterocycles. The molecule has 1 aromatic rings. The second-order valence-electron chi connectivity index (χ2n) is 5.24. The zero-order valence-corrected chi connectivity index (χ0v) is 12.6. The molecule has 0 radical (unpaired) electrons. The Labute approximate surface area is 125 Å². The number of nitrogens with zero attached hydrogens (tertiary/aromatic N) is 1. The van der Waals surface area contributed by atoms with Gasteiger partial charge < -0.3 is 20.1 Å². The van der Waals surface area contributed by atoms with Crippen LogP contribution < -0.4 is 15.4 Å². The maximum atomic E-state index is 12.6.